The maximum atomic E-state index is 12.7. The number of ether oxygens (including phenoxy) is 1. The third-order valence-electron chi connectivity index (χ3n) is 4.52. The lowest BCUT2D eigenvalue weighted by Gasteiger charge is -2.11. The number of benzene rings is 3. The molecule has 0 saturated carbocycles. The molecule has 1 N–H and O–H groups in total. The maximum absolute atomic E-state index is 12.7. The maximum Gasteiger partial charge on any atom is 0.339 e. The van der Waals surface area contributed by atoms with Gasteiger partial charge in [-0.3, -0.25) is 4.79 Å². The number of carbonyl (C=O) groups excluding carboxylic acids is 2. The van der Waals surface area contributed by atoms with Crippen LogP contribution in [0.4, 0.5) is 5.69 Å². The molecule has 35 heavy (non-hydrogen) atoms. The average molecular weight is 555 g/mol. The van der Waals surface area contributed by atoms with Crippen LogP contribution in [0.15, 0.2) is 87.7 Å². The van der Waals surface area contributed by atoms with Crippen molar-refractivity contribution >= 4 is 49.7 Å². The summed E-state index contributed by atoms with van der Waals surface area (Å²) in [6, 6.07) is 19.9. The van der Waals surface area contributed by atoms with Gasteiger partial charge in [-0.15, -0.1) is 0 Å². The van der Waals surface area contributed by atoms with E-state index in [9.17, 15) is 23.3 Å². The number of nitriles is 1. The van der Waals surface area contributed by atoms with Crippen LogP contribution in [0, 0.1) is 11.3 Å². The van der Waals surface area contributed by atoms with Crippen LogP contribution in [0.2, 0.25) is 0 Å². The van der Waals surface area contributed by atoms with Gasteiger partial charge in [0.25, 0.3) is 5.91 Å². The van der Waals surface area contributed by atoms with Gasteiger partial charge in [-0.25, -0.2) is 4.79 Å². The van der Waals surface area contributed by atoms with Gasteiger partial charge in [0.05, 0.1) is 12.2 Å². The largest absolute Gasteiger partial charge is 0.462 e. The molecule has 0 fully saturated rings. The number of nitrogens with one attached hydrogen (secondary N) is 1. The van der Waals surface area contributed by atoms with E-state index in [1.54, 1.807) is 31.2 Å². The third-order valence-corrected chi connectivity index (χ3v) is 6.26. The third kappa shape index (κ3) is 6.79. The summed E-state index contributed by atoms with van der Waals surface area (Å²) in [5.74, 6) is -1.28. The molecule has 0 aromatic heterocycles. The molecule has 0 bridgehead atoms. The second kappa shape index (κ2) is 11.5. The molecule has 8 nitrogen and oxygen atoms in total. The van der Waals surface area contributed by atoms with Crippen LogP contribution in [0.1, 0.15) is 22.8 Å². The van der Waals surface area contributed by atoms with Crippen LogP contribution in [-0.4, -0.2) is 26.9 Å². The molecule has 178 valence electrons. The quantitative estimate of drug-likeness (QED) is 0.181. The Labute approximate surface area is 211 Å². The van der Waals surface area contributed by atoms with Gasteiger partial charge < -0.3 is 14.2 Å². The molecule has 10 heteroatoms. The Kier molecular flexibility index (Phi) is 8.41. The normalized spacial score (nSPS) is 11.3. The number of halogens is 1. The Bertz CT molecular complexity index is 1410. The highest BCUT2D eigenvalue weighted by atomic mass is 79.9. The second-order valence-corrected chi connectivity index (χ2v) is 9.42. The lowest BCUT2D eigenvalue weighted by Crippen LogP contribution is -2.14. The molecule has 0 unspecified atom stereocenters. The minimum absolute atomic E-state index is 0.0395. The van der Waals surface area contributed by atoms with Gasteiger partial charge in [-0.2, -0.15) is 13.7 Å². The van der Waals surface area contributed by atoms with Crippen molar-refractivity contribution in [3.05, 3.63) is 94.0 Å². The van der Waals surface area contributed by atoms with Gasteiger partial charge in [0.1, 0.15) is 22.3 Å². The molecule has 0 aliphatic rings. The van der Waals surface area contributed by atoms with Gasteiger partial charge in [0.2, 0.25) is 0 Å². The Hall–Kier alpha value is -3.94. The van der Waals surface area contributed by atoms with Gasteiger partial charge in [-0.1, -0.05) is 34.1 Å². The zero-order valence-electron chi connectivity index (χ0n) is 18.4. The number of hydrogen-bond donors (Lipinski definition) is 1. The monoisotopic (exact) mass is 554 g/mol. The fraction of sp³-hybridized carbons (Fsp3) is 0.0800. The van der Waals surface area contributed by atoms with Crippen LogP contribution < -0.4 is 9.50 Å². The highest BCUT2D eigenvalue weighted by Crippen LogP contribution is 2.28. The molecule has 1 amide bonds. The van der Waals surface area contributed by atoms with E-state index in [2.05, 4.69) is 21.2 Å². The second-order valence-electron chi connectivity index (χ2n) is 6.95. The average Bonchev–Trinajstić information content (AvgIpc) is 2.85. The van der Waals surface area contributed by atoms with E-state index in [0.29, 0.717) is 15.7 Å². The minimum Gasteiger partial charge on any atom is -0.462 e. The van der Waals surface area contributed by atoms with E-state index in [1.165, 1.54) is 54.6 Å². The Morgan fingerprint density at radius 2 is 1.74 bits per heavy atom. The molecule has 0 heterocycles. The van der Waals surface area contributed by atoms with Gasteiger partial charge >= 0.3 is 16.1 Å². The van der Waals surface area contributed by atoms with E-state index in [4.69, 9.17) is 8.92 Å². The number of amides is 1. The van der Waals surface area contributed by atoms with Crippen LogP contribution in [0.25, 0.3) is 6.08 Å². The summed E-state index contributed by atoms with van der Waals surface area (Å²) in [5.41, 5.74) is 0.570. The molecule has 0 spiro atoms. The number of anilines is 1. The first-order valence-corrected chi connectivity index (χ1v) is 12.4. The zero-order valence-corrected chi connectivity index (χ0v) is 20.8. The summed E-state index contributed by atoms with van der Waals surface area (Å²) >= 11 is 3.30. The first-order chi connectivity index (χ1) is 16.7. The van der Waals surface area contributed by atoms with Crippen molar-refractivity contribution < 1.29 is 26.9 Å². The zero-order chi connectivity index (χ0) is 25.4. The van der Waals surface area contributed by atoms with Crippen molar-refractivity contribution in [2.45, 2.75) is 11.8 Å². The summed E-state index contributed by atoms with van der Waals surface area (Å²) < 4.78 is 36.1. The number of rotatable bonds is 8. The van der Waals surface area contributed by atoms with Gasteiger partial charge in [-0.05, 0) is 67.6 Å². The van der Waals surface area contributed by atoms with Crippen LogP contribution in [-0.2, 0) is 19.6 Å². The molecular formula is C25H19BrN2O6S. The first-order valence-electron chi connectivity index (χ1n) is 10.2. The summed E-state index contributed by atoms with van der Waals surface area (Å²) in [6.07, 6.45) is 1.23. The standard InChI is InChI=1S/C25H19BrN2O6S/c1-2-33-25(30)17-8-11-21(12-9-17)28-24(29)19(16-27)14-18-15-20(26)10-13-23(18)34-35(31,32)22-6-4-3-5-7-22/h3-15H,2H2,1H3,(H,28,29)/b19-14+. The molecule has 0 radical (unpaired) electrons. The molecule has 0 aliphatic carbocycles. The van der Waals surface area contributed by atoms with E-state index < -0.39 is 22.0 Å². The minimum atomic E-state index is -4.14. The predicted molar refractivity (Wildman–Crippen MR) is 133 cm³/mol. The predicted octanol–water partition coefficient (Wildman–Crippen LogP) is 4.94. The summed E-state index contributed by atoms with van der Waals surface area (Å²) in [7, 11) is -4.14. The molecule has 0 saturated heterocycles. The lowest BCUT2D eigenvalue weighted by molar-refractivity contribution is -0.112. The fourth-order valence-corrected chi connectivity index (χ4v) is 4.22. The number of esters is 1. The van der Waals surface area contributed by atoms with Crippen molar-refractivity contribution in [3.63, 3.8) is 0 Å². The highest BCUT2D eigenvalue weighted by Gasteiger charge is 2.19. The van der Waals surface area contributed by atoms with Crippen molar-refractivity contribution in [1.82, 2.24) is 0 Å². The Morgan fingerprint density at radius 3 is 2.37 bits per heavy atom. The smallest absolute Gasteiger partial charge is 0.339 e. The Balaban J connectivity index is 1.85. The van der Waals surface area contributed by atoms with Crippen molar-refractivity contribution in [2.24, 2.45) is 0 Å². The molecule has 0 aliphatic heterocycles. The number of carbonyl (C=O) groups is 2. The molecule has 0 atom stereocenters. The number of nitrogens with zero attached hydrogens (tertiary/aromatic N) is 1. The van der Waals surface area contributed by atoms with Crippen LogP contribution >= 0.6 is 15.9 Å². The molecule has 3 rings (SSSR count). The summed E-state index contributed by atoms with van der Waals surface area (Å²) in [4.78, 5) is 24.4. The van der Waals surface area contributed by atoms with E-state index in [-0.39, 0.29) is 28.4 Å². The number of hydrogen-bond acceptors (Lipinski definition) is 7. The van der Waals surface area contributed by atoms with E-state index in [1.807, 2.05) is 6.07 Å². The van der Waals surface area contributed by atoms with Crippen LogP contribution in [0.3, 0.4) is 0 Å². The summed E-state index contributed by atoms with van der Waals surface area (Å²) in [5, 5.41) is 12.1. The fourth-order valence-electron chi connectivity index (χ4n) is 2.87. The topological polar surface area (TPSA) is 123 Å². The molecule has 3 aromatic carbocycles. The van der Waals surface area contributed by atoms with Crippen molar-refractivity contribution in [3.8, 4) is 11.8 Å². The highest BCUT2D eigenvalue weighted by molar-refractivity contribution is 9.10. The van der Waals surface area contributed by atoms with E-state index >= 15 is 0 Å². The summed E-state index contributed by atoms with van der Waals surface area (Å²) in [6.45, 7) is 1.93. The van der Waals surface area contributed by atoms with Gasteiger partial charge in [0.15, 0.2) is 0 Å². The Morgan fingerprint density at radius 1 is 1.06 bits per heavy atom. The van der Waals surface area contributed by atoms with Crippen molar-refractivity contribution in [2.75, 3.05) is 11.9 Å². The van der Waals surface area contributed by atoms with Gasteiger partial charge in [0, 0.05) is 15.7 Å². The molecule has 3 aromatic rings. The van der Waals surface area contributed by atoms with Crippen molar-refractivity contribution in [1.29, 1.82) is 5.26 Å². The van der Waals surface area contributed by atoms with Crippen LogP contribution in [0.5, 0.6) is 5.75 Å². The van der Waals surface area contributed by atoms with E-state index in [0.717, 1.165) is 0 Å². The SMILES string of the molecule is CCOC(=O)c1ccc(NC(=O)/C(C#N)=C/c2cc(Br)ccc2OS(=O)(=O)c2ccccc2)cc1. The lowest BCUT2D eigenvalue weighted by atomic mass is 10.1. The molecular weight excluding hydrogens is 536 g/mol. The first kappa shape index (κ1) is 25.7.